The van der Waals surface area contributed by atoms with Gasteiger partial charge in [-0.05, 0) is 49.4 Å². The molecule has 0 saturated heterocycles. The summed E-state index contributed by atoms with van der Waals surface area (Å²) < 4.78 is 0. The van der Waals surface area contributed by atoms with E-state index in [1.807, 2.05) is 6.07 Å². The number of terminal acetylenes is 1. The maximum absolute atomic E-state index is 5.45. The maximum Gasteiger partial charge on any atom is 0.0383 e. The lowest BCUT2D eigenvalue weighted by Gasteiger charge is -2.43. The molecule has 0 saturated carbocycles. The van der Waals surface area contributed by atoms with Crippen molar-refractivity contribution in [2.75, 3.05) is 5.32 Å². The highest BCUT2D eigenvalue weighted by molar-refractivity contribution is 5.61. The van der Waals surface area contributed by atoms with Crippen molar-refractivity contribution >= 4 is 5.69 Å². The molecule has 1 heteroatoms. The highest BCUT2D eigenvalue weighted by Gasteiger charge is 2.36. The zero-order valence-electron chi connectivity index (χ0n) is 10.5. The van der Waals surface area contributed by atoms with Gasteiger partial charge in [-0.15, -0.1) is 6.42 Å². The molecular weight excluding hydrogens is 194 g/mol. The number of hydrogen-bond acceptors (Lipinski definition) is 1. The Morgan fingerprint density at radius 3 is 2.56 bits per heavy atom. The summed E-state index contributed by atoms with van der Waals surface area (Å²) in [5.41, 5.74) is 3.85. The fourth-order valence-corrected chi connectivity index (χ4v) is 2.91. The fraction of sp³-hybridized carbons (Fsp3) is 0.467. The third kappa shape index (κ3) is 1.80. The van der Waals surface area contributed by atoms with Crippen LogP contribution in [0, 0.1) is 12.3 Å². The van der Waals surface area contributed by atoms with Crippen LogP contribution in [0.2, 0.25) is 0 Å². The predicted molar refractivity (Wildman–Crippen MR) is 69.7 cm³/mol. The van der Waals surface area contributed by atoms with Gasteiger partial charge in [-0.25, -0.2) is 0 Å². The van der Waals surface area contributed by atoms with E-state index < -0.39 is 0 Å². The van der Waals surface area contributed by atoms with E-state index in [4.69, 9.17) is 6.42 Å². The summed E-state index contributed by atoms with van der Waals surface area (Å²) in [4.78, 5) is 0. The van der Waals surface area contributed by atoms with Crippen molar-refractivity contribution in [1.29, 1.82) is 0 Å². The van der Waals surface area contributed by atoms with E-state index in [-0.39, 0.29) is 11.0 Å². The second kappa shape index (κ2) is 3.28. The molecule has 84 valence electrons. The Morgan fingerprint density at radius 1 is 1.25 bits per heavy atom. The van der Waals surface area contributed by atoms with Crippen LogP contribution in [-0.4, -0.2) is 5.54 Å². The van der Waals surface area contributed by atoms with Gasteiger partial charge in [-0.1, -0.05) is 19.8 Å². The third-order valence-corrected chi connectivity index (χ3v) is 3.27. The zero-order chi connectivity index (χ0) is 12.0. The molecule has 0 amide bonds. The molecule has 2 rings (SSSR count). The lowest BCUT2D eigenvalue weighted by molar-refractivity contribution is 0.355. The van der Waals surface area contributed by atoms with Gasteiger partial charge in [0.25, 0.3) is 0 Å². The summed E-state index contributed by atoms with van der Waals surface area (Å²) >= 11 is 0. The number of fused-ring (bicyclic) bond motifs is 1. The van der Waals surface area contributed by atoms with E-state index in [0.29, 0.717) is 0 Å². The van der Waals surface area contributed by atoms with Gasteiger partial charge in [-0.3, -0.25) is 0 Å². The Labute approximate surface area is 98.3 Å². The summed E-state index contributed by atoms with van der Waals surface area (Å²) in [5, 5.41) is 3.57. The second-order valence-corrected chi connectivity index (χ2v) is 5.97. The number of hydrogen-bond donors (Lipinski definition) is 1. The average Bonchev–Trinajstić information content (AvgIpc) is 2.14. The van der Waals surface area contributed by atoms with Crippen molar-refractivity contribution in [2.24, 2.45) is 0 Å². The van der Waals surface area contributed by atoms with Crippen molar-refractivity contribution in [3.05, 3.63) is 29.3 Å². The summed E-state index contributed by atoms with van der Waals surface area (Å²) in [6.07, 6.45) is 6.57. The van der Waals surface area contributed by atoms with Crippen molar-refractivity contribution in [3.63, 3.8) is 0 Å². The molecule has 0 fully saturated rings. The van der Waals surface area contributed by atoms with Crippen LogP contribution >= 0.6 is 0 Å². The lowest BCUT2D eigenvalue weighted by atomic mass is 9.71. The first-order valence-corrected chi connectivity index (χ1v) is 5.73. The molecule has 0 aromatic heterocycles. The third-order valence-electron chi connectivity index (χ3n) is 3.27. The lowest BCUT2D eigenvalue weighted by Crippen LogP contribution is -2.43. The van der Waals surface area contributed by atoms with Gasteiger partial charge in [0.2, 0.25) is 0 Å². The maximum atomic E-state index is 5.45. The largest absolute Gasteiger partial charge is 0.380 e. The van der Waals surface area contributed by atoms with Gasteiger partial charge in [0.1, 0.15) is 0 Å². The number of anilines is 1. The van der Waals surface area contributed by atoms with E-state index in [1.54, 1.807) is 0 Å². The number of benzene rings is 1. The van der Waals surface area contributed by atoms with Gasteiger partial charge < -0.3 is 5.32 Å². The summed E-state index contributed by atoms with van der Waals surface area (Å²) in [5.74, 6) is 2.71. The Balaban J connectivity index is 2.57. The van der Waals surface area contributed by atoms with Crippen LogP contribution in [-0.2, 0) is 5.41 Å². The van der Waals surface area contributed by atoms with E-state index >= 15 is 0 Å². The minimum Gasteiger partial charge on any atom is -0.380 e. The topological polar surface area (TPSA) is 12.0 Å². The summed E-state index contributed by atoms with van der Waals surface area (Å²) in [6.45, 7) is 9.06. The molecule has 1 heterocycles. The number of nitrogens with one attached hydrogen (secondary N) is 1. The quantitative estimate of drug-likeness (QED) is 0.650. The van der Waals surface area contributed by atoms with Crippen LogP contribution in [0.15, 0.2) is 18.2 Å². The minimum atomic E-state index is 0.147. The van der Waals surface area contributed by atoms with Crippen LogP contribution in [0.4, 0.5) is 5.69 Å². The van der Waals surface area contributed by atoms with Crippen LogP contribution in [0.25, 0.3) is 0 Å². The first kappa shape index (κ1) is 11.1. The molecule has 1 aromatic rings. The molecule has 0 aliphatic carbocycles. The highest BCUT2D eigenvalue weighted by atomic mass is 15.0. The summed E-state index contributed by atoms with van der Waals surface area (Å²) in [7, 11) is 0. The predicted octanol–water partition coefficient (Wildman–Crippen LogP) is 3.54. The fourth-order valence-electron chi connectivity index (χ4n) is 2.91. The van der Waals surface area contributed by atoms with Crippen molar-refractivity contribution in [2.45, 2.75) is 45.1 Å². The van der Waals surface area contributed by atoms with Crippen LogP contribution in [0.5, 0.6) is 0 Å². The van der Waals surface area contributed by atoms with Gasteiger partial charge in [-0.2, -0.15) is 0 Å². The monoisotopic (exact) mass is 213 g/mol. The smallest absolute Gasteiger partial charge is 0.0383 e. The molecule has 1 aromatic carbocycles. The second-order valence-electron chi connectivity index (χ2n) is 5.97. The molecule has 1 N–H and O–H groups in total. The molecule has 0 bridgehead atoms. The molecule has 16 heavy (non-hydrogen) atoms. The van der Waals surface area contributed by atoms with Gasteiger partial charge >= 0.3 is 0 Å². The van der Waals surface area contributed by atoms with E-state index in [9.17, 15) is 0 Å². The molecule has 0 unspecified atom stereocenters. The van der Waals surface area contributed by atoms with E-state index in [0.717, 1.165) is 12.0 Å². The molecule has 0 spiro atoms. The Hall–Kier alpha value is -1.42. The Bertz CT molecular complexity index is 461. The van der Waals surface area contributed by atoms with Gasteiger partial charge in [0.05, 0.1) is 0 Å². The Morgan fingerprint density at radius 2 is 1.94 bits per heavy atom. The molecule has 0 atom stereocenters. The molecule has 0 radical (unpaired) electrons. The minimum absolute atomic E-state index is 0.147. The van der Waals surface area contributed by atoms with Crippen molar-refractivity contribution in [1.82, 2.24) is 0 Å². The van der Waals surface area contributed by atoms with Crippen molar-refractivity contribution in [3.8, 4) is 12.3 Å². The number of rotatable bonds is 0. The van der Waals surface area contributed by atoms with E-state index in [2.05, 4.69) is 51.1 Å². The zero-order valence-corrected chi connectivity index (χ0v) is 10.5. The first-order chi connectivity index (χ1) is 7.34. The standard InChI is InChI=1S/C15H19N/c1-6-11-7-8-13-12(9-11)14(2,3)10-15(4,5)16-13/h1,7-9,16H,10H2,2-5H3. The Kier molecular flexibility index (Phi) is 2.27. The van der Waals surface area contributed by atoms with Gasteiger partial charge in [0.15, 0.2) is 0 Å². The molecule has 1 aliphatic rings. The molecular formula is C15H19N. The van der Waals surface area contributed by atoms with Gasteiger partial charge in [0, 0.05) is 16.8 Å². The molecule has 1 nitrogen and oxygen atoms in total. The van der Waals surface area contributed by atoms with Crippen LogP contribution in [0.3, 0.4) is 0 Å². The van der Waals surface area contributed by atoms with E-state index in [1.165, 1.54) is 11.3 Å². The highest BCUT2D eigenvalue weighted by Crippen LogP contribution is 2.42. The first-order valence-electron chi connectivity index (χ1n) is 5.73. The normalized spacial score (nSPS) is 20.4. The SMILES string of the molecule is C#Cc1ccc2c(c1)C(C)(C)CC(C)(C)N2. The van der Waals surface area contributed by atoms with Crippen molar-refractivity contribution < 1.29 is 0 Å². The van der Waals surface area contributed by atoms with Crippen LogP contribution in [0.1, 0.15) is 45.2 Å². The van der Waals surface area contributed by atoms with Crippen LogP contribution < -0.4 is 5.32 Å². The average molecular weight is 213 g/mol. The summed E-state index contributed by atoms with van der Waals surface area (Å²) in [6, 6.07) is 6.24. The molecule has 1 aliphatic heterocycles.